The van der Waals surface area contributed by atoms with Gasteiger partial charge in [0.2, 0.25) is 5.71 Å². The van der Waals surface area contributed by atoms with Crippen molar-refractivity contribution in [3.8, 4) is 0 Å². The van der Waals surface area contributed by atoms with E-state index in [4.69, 9.17) is 10.2 Å². The maximum atomic E-state index is 5.74. The Morgan fingerprint density at radius 1 is 1.38 bits per heavy atom. The molecule has 0 fully saturated rings. The van der Waals surface area contributed by atoms with Crippen LogP contribution in [-0.4, -0.2) is 9.97 Å². The van der Waals surface area contributed by atoms with Gasteiger partial charge in [-0.25, -0.2) is 9.97 Å². The first-order valence-corrected chi connectivity index (χ1v) is 4.17. The minimum absolute atomic E-state index is 0.324. The van der Waals surface area contributed by atoms with Gasteiger partial charge >= 0.3 is 0 Å². The molecule has 0 saturated heterocycles. The van der Waals surface area contributed by atoms with Crippen LogP contribution in [-0.2, 0) is 0 Å². The number of anilines is 1. The van der Waals surface area contributed by atoms with Crippen molar-refractivity contribution < 1.29 is 4.42 Å². The van der Waals surface area contributed by atoms with Crippen molar-refractivity contribution in [2.45, 2.75) is 19.8 Å². The second-order valence-electron chi connectivity index (χ2n) is 3.28. The molecule has 0 aliphatic rings. The third-order valence-corrected chi connectivity index (χ3v) is 1.97. The maximum Gasteiger partial charge on any atom is 0.231 e. The number of nitrogens with two attached hydrogens (primary N) is 1. The standard InChI is InChI=1S/C9H11N3O/c1-5(2)8-7-6(10)3-13-9(7)12-4-11-8/h3-5H,10H2,1-2H3. The van der Waals surface area contributed by atoms with Gasteiger partial charge in [-0.1, -0.05) is 13.8 Å². The van der Waals surface area contributed by atoms with Crippen LogP contribution in [0.3, 0.4) is 0 Å². The number of hydrogen-bond acceptors (Lipinski definition) is 4. The molecule has 2 rings (SSSR count). The fourth-order valence-corrected chi connectivity index (χ4v) is 1.36. The normalized spacial score (nSPS) is 11.3. The monoisotopic (exact) mass is 177 g/mol. The zero-order valence-corrected chi connectivity index (χ0v) is 7.61. The fraction of sp³-hybridized carbons (Fsp3) is 0.333. The number of fused-ring (bicyclic) bond motifs is 1. The average molecular weight is 177 g/mol. The van der Waals surface area contributed by atoms with Crippen LogP contribution in [0.15, 0.2) is 17.0 Å². The number of rotatable bonds is 1. The maximum absolute atomic E-state index is 5.74. The van der Waals surface area contributed by atoms with Gasteiger partial charge in [-0.2, -0.15) is 0 Å². The summed E-state index contributed by atoms with van der Waals surface area (Å²) in [6.45, 7) is 4.13. The van der Waals surface area contributed by atoms with Gasteiger partial charge in [0.05, 0.1) is 16.8 Å². The predicted octanol–water partition coefficient (Wildman–Crippen LogP) is 1.93. The highest BCUT2D eigenvalue weighted by Gasteiger charge is 2.12. The lowest BCUT2D eigenvalue weighted by molar-refractivity contribution is 0.602. The summed E-state index contributed by atoms with van der Waals surface area (Å²) in [7, 11) is 0. The van der Waals surface area contributed by atoms with Crippen LogP contribution < -0.4 is 5.73 Å². The molecule has 2 N–H and O–H groups in total. The molecule has 2 heterocycles. The van der Waals surface area contributed by atoms with Crippen LogP contribution in [0.2, 0.25) is 0 Å². The van der Waals surface area contributed by atoms with E-state index in [1.54, 1.807) is 0 Å². The number of aromatic nitrogens is 2. The topological polar surface area (TPSA) is 64.9 Å². The van der Waals surface area contributed by atoms with Gasteiger partial charge in [0.15, 0.2) is 0 Å². The minimum atomic E-state index is 0.324. The Labute approximate surface area is 75.8 Å². The zero-order valence-electron chi connectivity index (χ0n) is 7.61. The Morgan fingerprint density at radius 3 is 2.85 bits per heavy atom. The molecule has 2 aromatic rings. The molecule has 0 spiro atoms. The van der Waals surface area contributed by atoms with Crippen LogP contribution >= 0.6 is 0 Å². The third-order valence-electron chi connectivity index (χ3n) is 1.97. The molecule has 0 aliphatic heterocycles. The summed E-state index contributed by atoms with van der Waals surface area (Å²) in [6.07, 6.45) is 3.01. The van der Waals surface area contributed by atoms with E-state index in [2.05, 4.69) is 23.8 Å². The SMILES string of the molecule is CC(C)c1ncnc2occ(N)c12. The molecule has 0 atom stereocenters. The molecule has 0 aromatic carbocycles. The lowest BCUT2D eigenvalue weighted by Crippen LogP contribution is -1.95. The zero-order chi connectivity index (χ0) is 9.42. The van der Waals surface area contributed by atoms with Crippen molar-refractivity contribution in [1.82, 2.24) is 9.97 Å². The highest BCUT2D eigenvalue weighted by molar-refractivity contribution is 5.89. The lowest BCUT2D eigenvalue weighted by atomic mass is 10.1. The molecule has 68 valence electrons. The second-order valence-corrected chi connectivity index (χ2v) is 3.28. The van der Waals surface area contributed by atoms with Crippen LogP contribution in [0.25, 0.3) is 11.1 Å². The quantitative estimate of drug-likeness (QED) is 0.722. The Hall–Kier alpha value is -1.58. The van der Waals surface area contributed by atoms with Gasteiger partial charge in [-0.05, 0) is 5.92 Å². The highest BCUT2D eigenvalue weighted by atomic mass is 16.3. The number of nitrogen functional groups attached to an aromatic ring is 1. The van der Waals surface area contributed by atoms with E-state index in [-0.39, 0.29) is 0 Å². The van der Waals surface area contributed by atoms with Crippen molar-refractivity contribution in [1.29, 1.82) is 0 Å². The van der Waals surface area contributed by atoms with Gasteiger partial charge in [0.1, 0.15) is 12.6 Å². The molecular formula is C9H11N3O. The predicted molar refractivity (Wildman–Crippen MR) is 50.3 cm³/mol. The molecule has 0 amide bonds. The van der Waals surface area contributed by atoms with Crippen LogP contribution in [0.4, 0.5) is 5.69 Å². The number of furan rings is 1. The summed E-state index contributed by atoms with van der Waals surface area (Å²) in [5.41, 5.74) is 7.86. The summed E-state index contributed by atoms with van der Waals surface area (Å²) in [4.78, 5) is 8.18. The molecule has 0 aliphatic carbocycles. The molecule has 2 aromatic heterocycles. The Kier molecular flexibility index (Phi) is 1.69. The summed E-state index contributed by atoms with van der Waals surface area (Å²) < 4.78 is 5.16. The summed E-state index contributed by atoms with van der Waals surface area (Å²) in [5.74, 6) is 0.324. The lowest BCUT2D eigenvalue weighted by Gasteiger charge is -2.04. The fourth-order valence-electron chi connectivity index (χ4n) is 1.36. The van der Waals surface area contributed by atoms with Gasteiger partial charge in [0.25, 0.3) is 0 Å². The van der Waals surface area contributed by atoms with Crippen LogP contribution in [0.5, 0.6) is 0 Å². The Bertz CT molecular complexity index is 433. The number of nitrogens with zero attached hydrogens (tertiary/aromatic N) is 2. The highest BCUT2D eigenvalue weighted by Crippen LogP contribution is 2.27. The molecule has 0 unspecified atom stereocenters. The molecule has 0 saturated carbocycles. The van der Waals surface area contributed by atoms with E-state index in [0.717, 1.165) is 11.1 Å². The van der Waals surface area contributed by atoms with Crippen LogP contribution in [0, 0.1) is 0 Å². The van der Waals surface area contributed by atoms with Crippen molar-refractivity contribution >= 4 is 16.8 Å². The van der Waals surface area contributed by atoms with Gasteiger partial charge < -0.3 is 10.2 Å². The molecule has 0 radical (unpaired) electrons. The van der Waals surface area contributed by atoms with Gasteiger partial charge in [-0.15, -0.1) is 0 Å². The average Bonchev–Trinajstić information content (AvgIpc) is 2.48. The largest absolute Gasteiger partial charge is 0.444 e. The van der Waals surface area contributed by atoms with E-state index >= 15 is 0 Å². The first-order valence-electron chi connectivity index (χ1n) is 4.17. The molecule has 4 nitrogen and oxygen atoms in total. The summed E-state index contributed by atoms with van der Waals surface area (Å²) in [6, 6.07) is 0. The molecule has 0 bridgehead atoms. The summed E-state index contributed by atoms with van der Waals surface area (Å²) >= 11 is 0. The van der Waals surface area contributed by atoms with Crippen molar-refractivity contribution in [3.63, 3.8) is 0 Å². The van der Waals surface area contributed by atoms with Gasteiger partial charge in [0, 0.05) is 0 Å². The van der Waals surface area contributed by atoms with Crippen molar-refractivity contribution in [3.05, 3.63) is 18.3 Å². The van der Waals surface area contributed by atoms with E-state index in [1.807, 2.05) is 0 Å². The van der Waals surface area contributed by atoms with Crippen molar-refractivity contribution in [2.75, 3.05) is 5.73 Å². The van der Waals surface area contributed by atoms with Crippen LogP contribution in [0.1, 0.15) is 25.5 Å². The minimum Gasteiger partial charge on any atom is -0.444 e. The second kappa shape index (κ2) is 2.73. The first kappa shape index (κ1) is 8.04. The van der Waals surface area contributed by atoms with Gasteiger partial charge in [-0.3, -0.25) is 0 Å². The van der Waals surface area contributed by atoms with E-state index in [9.17, 15) is 0 Å². The summed E-state index contributed by atoms with van der Waals surface area (Å²) in [5, 5.41) is 0.845. The van der Waals surface area contributed by atoms with E-state index < -0.39 is 0 Å². The van der Waals surface area contributed by atoms with Crippen molar-refractivity contribution in [2.24, 2.45) is 0 Å². The molecular weight excluding hydrogens is 166 g/mol. The van der Waals surface area contributed by atoms with E-state index in [1.165, 1.54) is 12.6 Å². The van der Waals surface area contributed by atoms with E-state index in [0.29, 0.717) is 17.3 Å². The molecule has 4 heteroatoms. The first-order chi connectivity index (χ1) is 6.20. The molecule has 13 heavy (non-hydrogen) atoms. The Morgan fingerprint density at radius 2 is 2.15 bits per heavy atom. The third kappa shape index (κ3) is 1.14. The Balaban J connectivity index is 2.80. The number of hydrogen-bond donors (Lipinski definition) is 1. The smallest absolute Gasteiger partial charge is 0.231 e.